The number of nitrogens with two attached hydrogens (primary N) is 1. The number of nitrogens with one attached hydrogen (secondary N) is 1. The minimum atomic E-state index is 0.0511. The van der Waals surface area contributed by atoms with Gasteiger partial charge in [-0.15, -0.1) is 0 Å². The van der Waals surface area contributed by atoms with Gasteiger partial charge in [-0.3, -0.25) is 4.79 Å². The van der Waals surface area contributed by atoms with Crippen molar-refractivity contribution in [2.75, 3.05) is 24.1 Å². The van der Waals surface area contributed by atoms with Crippen molar-refractivity contribution < 1.29 is 4.79 Å². The van der Waals surface area contributed by atoms with Gasteiger partial charge in [0.05, 0.1) is 11.4 Å². The van der Waals surface area contributed by atoms with Crippen LogP contribution in [0.15, 0.2) is 24.3 Å². The highest BCUT2D eigenvalue weighted by Crippen LogP contribution is 2.27. The molecule has 0 bridgehead atoms. The van der Waals surface area contributed by atoms with Crippen molar-refractivity contribution in [3.05, 3.63) is 24.3 Å². The molecular formula is C16H25N3O. The van der Waals surface area contributed by atoms with Crippen LogP contribution in [0.25, 0.3) is 0 Å². The van der Waals surface area contributed by atoms with E-state index in [4.69, 9.17) is 5.73 Å². The summed E-state index contributed by atoms with van der Waals surface area (Å²) in [7, 11) is 0. The summed E-state index contributed by atoms with van der Waals surface area (Å²) in [5.74, 6) is 0.0511. The Morgan fingerprint density at radius 2 is 2.10 bits per heavy atom. The first-order chi connectivity index (χ1) is 9.70. The SMILES string of the molecule is CCCN(CCCC(=O)Nc1ccccc1N)C1CC1. The number of anilines is 2. The van der Waals surface area contributed by atoms with Crippen molar-refractivity contribution in [1.29, 1.82) is 0 Å². The van der Waals surface area contributed by atoms with E-state index >= 15 is 0 Å². The van der Waals surface area contributed by atoms with Crippen molar-refractivity contribution >= 4 is 17.3 Å². The van der Waals surface area contributed by atoms with Gasteiger partial charge in [-0.25, -0.2) is 0 Å². The molecule has 0 unspecified atom stereocenters. The Bertz CT molecular complexity index is 443. The highest BCUT2D eigenvalue weighted by atomic mass is 16.1. The summed E-state index contributed by atoms with van der Waals surface area (Å²) in [6.45, 7) is 4.38. The fraction of sp³-hybridized carbons (Fsp3) is 0.562. The normalized spacial score (nSPS) is 14.5. The van der Waals surface area contributed by atoms with Crippen LogP contribution >= 0.6 is 0 Å². The van der Waals surface area contributed by atoms with Gasteiger partial charge in [-0.1, -0.05) is 19.1 Å². The van der Waals surface area contributed by atoms with E-state index in [-0.39, 0.29) is 5.91 Å². The molecule has 20 heavy (non-hydrogen) atoms. The van der Waals surface area contributed by atoms with E-state index in [2.05, 4.69) is 17.1 Å². The second-order valence-corrected chi connectivity index (χ2v) is 5.51. The largest absolute Gasteiger partial charge is 0.397 e. The maximum absolute atomic E-state index is 11.9. The predicted octanol–water partition coefficient (Wildman–Crippen LogP) is 2.86. The standard InChI is InChI=1S/C16H25N3O/c1-2-11-19(13-9-10-13)12-5-8-16(20)18-15-7-4-3-6-14(15)17/h3-4,6-7,13H,2,5,8-12,17H2,1H3,(H,18,20). The molecule has 0 radical (unpaired) electrons. The van der Waals surface area contributed by atoms with Crippen LogP contribution in [0.5, 0.6) is 0 Å². The number of hydrogen-bond acceptors (Lipinski definition) is 3. The molecule has 2 rings (SSSR count). The number of carbonyl (C=O) groups is 1. The summed E-state index contributed by atoms with van der Waals surface area (Å²) in [5.41, 5.74) is 7.14. The summed E-state index contributed by atoms with van der Waals surface area (Å²) in [4.78, 5) is 14.4. The van der Waals surface area contributed by atoms with Gasteiger partial charge in [0, 0.05) is 12.5 Å². The Balaban J connectivity index is 1.71. The second-order valence-electron chi connectivity index (χ2n) is 5.51. The van der Waals surface area contributed by atoms with Gasteiger partial charge < -0.3 is 16.0 Å². The number of benzene rings is 1. The Hall–Kier alpha value is -1.55. The lowest BCUT2D eigenvalue weighted by Gasteiger charge is -2.20. The molecule has 1 amide bonds. The Morgan fingerprint density at radius 3 is 2.75 bits per heavy atom. The van der Waals surface area contributed by atoms with Crippen molar-refractivity contribution in [3.8, 4) is 0 Å². The average molecular weight is 275 g/mol. The maximum Gasteiger partial charge on any atom is 0.224 e. The molecular weight excluding hydrogens is 250 g/mol. The second kappa shape index (κ2) is 7.29. The summed E-state index contributed by atoms with van der Waals surface area (Å²) >= 11 is 0. The van der Waals surface area contributed by atoms with Crippen LogP contribution in [0.3, 0.4) is 0 Å². The first kappa shape index (κ1) is 14.9. The van der Waals surface area contributed by atoms with Gasteiger partial charge in [0.2, 0.25) is 5.91 Å². The van der Waals surface area contributed by atoms with Crippen LogP contribution in [0.4, 0.5) is 11.4 Å². The molecule has 1 aromatic carbocycles. The van der Waals surface area contributed by atoms with Gasteiger partial charge in [0.25, 0.3) is 0 Å². The topological polar surface area (TPSA) is 58.4 Å². The van der Waals surface area contributed by atoms with Crippen LogP contribution in [0.2, 0.25) is 0 Å². The monoisotopic (exact) mass is 275 g/mol. The number of para-hydroxylation sites is 2. The number of carbonyl (C=O) groups excluding carboxylic acids is 1. The summed E-state index contributed by atoms with van der Waals surface area (Å²) in [6.07, 6.45) is 5.30. The van der Waals surface area contributed by atoms with Crippen LogP contribution < -0.4 is 11.1 Å². The number of nitrogen functional groups attached to an aromatic ring is 1. The van der Waals surface area contributed by atoms with E-state index in [1.165, 1.54) is 19.3 Å². The number of nitrogens with zero attached hydrogens (tertiary/aromatic N) is 1. The van der Waals surface area contributed by atoms with Crippen LogP contribution in [0.1, 0.15) is 39.0 Å². The van der Waals surface area contributed by atoms with E-state index in [1.807, 2.05) is 18.2 Å². The molecule has 0 heterocycles. The Morgan fingerprint density at radius 1 is 1.35 bits per heavy atom. The van der Waals surface area contributed by atoms with Gasteiger partial charge in [-0.2, -0.15) is 0 Å². The Kier molecular flexibility index (Phi) is 5.41. The maximum atomic E-state index is 11.9. The molecule has 3 N–H and O–H groups in total. The molecule has 0 aliphatic heterocycles. The zero-order chi connectivity index (χ0) is 14.4. The lowest BCUT2D eigenvalue weighted by Crippen LogP contribution is -2.28. The highest BCUT2D eigenvalue weighted by Gasteiger charge is 2.27. The third-order valence-electron chi connectivity index (χ3n) is 3.66. The molecule has 110 valence electrons. The minimum Gasteiger partial charge on any atom is -0.397 e. The van der Waals surface area contributed by atoms with Gasteiger partial charge in [0.15, 0.2) is 0 Å². The van der Waals surface area contributed by atoms with E-state index in [1.54, 1.807) is 6.07 Å². The van der Waals surface area contributed by atoms with Crippen molar-refractivity contribution in [2.24, 2.45) is 0 Å². The lowest BCUT2D eigenvalue weighted by molar-refractivity contribution is -0.116. The number of hydrogen-bond donors (Lipinski definition) is 2. The predicted molar refractivity (Wildman–Crippen MR) is 83.6 cm³/mol. The molecule has 4 nitrogen and oxygen atoms in total. The fourth-order valence-electron chi connectivity index (χ4n) is 2.47. The van der Waals surface area contributed by atoms with Crippen molar-refractivity contribution in [3.63, 3.8) is 0 Å². The van der Waals surface area contributed by atoms with E-state index in [0.717, 1.165) is 25.6 Å². The molecule has 1 saturated carbocycles. The third-order valence-corrected chi connectivity index (χ3v) is 3.66. The first-order valence-corrected chi connectivity index (χ1v) is 7.59. The summed E-state index contributed by atoms with van der Waals surface area (Å²) in [5, 5.41) is 2.88. The van der Waals surface area contributed by atoms with Gasteiger partial charge in [-0.05, 0) is 50.9 Å². The van der Waals surface area contributed by atoms with Crippen molar-refractivity contribution in [2.45, 2.75) is 45.1 Å². The third kappa shape index (κ3) is 4.53. The Labute approximate surface area is 121 Å². The molecule has 0 atom stereocenters. The molecule has 1 aliphatic carbocycles. The van der Waals surface area contributed by atoms with E-state index in [9.17, 15) is 4.79 Å². The van der Waals surface area contributed by atoms with E-state index < -0.39 is 0 Å². The quantitative estimate of drug-likeness (QED) is 0.717. The summed E-state index contributed by atoms with van der Waals surface area (Å²) in [6, 6.07) is 8.15. The molecule has 1 aliphatic rings. The zero-order valence-electron chi connectivity index (χ0n) is 12.3. The first-order valence-electron chi connectivity index (χ1n) is 7.59. The fourth-order valence-corrected chi connectivity index (χ4v) is 2.47. The minimum absolute atomic E-state index is 0.0511. The molecule has 0 saturated heterocycles. The zero-order valence-corrected chi connectivity index (χ0v) is 12.3. The lowest BCUT2D eigenvalue weighted by atomic mass is 10.2. The number of rotatable bonds is 8. The average Bonchev–Trinajstić information content (AvgIpc) is 3.25. The van der Waals surface area contributed by atoms with Crippen LogP contribution in [-0.2, 0) is 4.79 Å². The van der Waals surface area contributed by atoms with Crippen molar-refractivity contribution in [1.82, 2.24) is 4.90 Å². The molecule has 4 heteroatoms. The van der Waals surface area contributed by atoms with E-state index in [0.29, 0.717) is 17.8 Å². The van der Waals surface area contributed by atoms with Crippen LogP contribution in [0, 0.1) is 0 Å². The van der Waals surface area contributed by atoms with Gasteiger partial charge in [0.1, 0.15) is 0 Å². The molecule has 0 aromatic heterocycles. The summed E-state index contributed by atoms with van der Waals surface area (Å²) < 4.78 is 0. The highest BCUT2D eigenvalue weighted by molar-refractivity contribution is 5.93. The smallest absolute Gasteiger partial charge is 0.224 e. The molecule has 1 fully saturated rings. The number of amides is 1. The molecule has 0 spiro atoms. The molecule has 1 aromatic rings. The van der Waals surface area contributed by atoms with Gasteiger partial charge >= 0.3 is 0 Å². The van der Waals surface area contributed by atoms with Crippen LogP contribution in [-0.4, -0.2) is 29.9 Å².